The van der Waals surface area contributed by atoms with Crippen LogP contribution >= 0.6 is 11.8 Å². The first-order chi connectivity index (χ1) is 7.24. The lowest BCUT2D eigenvalue weighted by Crippen LogP contribution is -2.38. The summed E-state index contributed by atoms with van der Waals surface area (Å²) < 4.78 is 0. The van der Waals surface area contributed by atoms with Crippen LogP contribution in [0.1, 0.15) is 19.3 Å². The van der Waals surface area contributed by atoms with Crippen molar-refractivity contribution >= 4 is 24.1 Å². The van der Waals surface area contributed by atoms with Gasteiger partial charge in [-0.05, 0) is 19.3 Å². The van der Waals surface area contributed by atoms with Gasteiger partial charge in [-0.2, -0.15) is 11.8 Å². The molecule has 1 rings (SSSR count). The zero-order valence-electron chi connectivity index (χ0n) is 8.39. The van der Waals surface area contributed by atoms with E-state index >= 15 is 0 Å². The van der Waals surface area contributed by atoms with Crippen LogP contribution in [-0.4, -0.2) is 34.5 Å². The molecule has 0 aliphatic heterocycles. The van der Waals surface area contributed by atoms with E-state index < -0.39 is 12.0 Å². The predicted octanol–water partition coefficient (Wildman–Crippen LogP) is 1.03. The number of hydrogen-bond acceptors (Lipinski definition) is 3. The molecular formula is C10H15NO3S. The Bertz CT molecular complexity index is 255. The molecule has 15 heavy (non-hydrogen) atoms. The molecule has 0 heterocycles. The normalized spacial score (nSPS) is 22.0. The first-order valence-corrected chi connectivity index (χ1v) is 5.99. The number of aliphatic carboxylic acids is 1. The van der Waals surface area contributed by atoms with Crippen molar-refractivity contribution in [2.45, 2.75) is 30.6 Å². The lowest BCUT2D eigenvalue weighted by Gasteiger charge is -2.18. The number of amides is 1. The number of hydrogen-bond donors (Lipinski definition) is 2. The van der Waals surface area contributed by atoms with Crippen LogP contribution in [0.4, 0.5) is 0 Å². The molecule has 4 nitrogen and oxygen atoms in total. The van der Waals surface area contributed by atoms with Crippen LogP contribution < -0.4 is 5.32 Å². The number of nitrogens with one attached hydrogen (secondary N) is 1. The Balaban J connectivity index is 2.32. The van der Waals surface area contributed by atoms with E-state index in [0.29, 0.717) is 17.4 Å². The second-order valence-corrected chi connectivity index (χ2v) is 4.68. The summed E-state index contributed by atoms with van der Waals surface area (Å²) in [5, 5.41) is 11.5. The number of carboxylic acid groups (broad SMARTS) is 1. The van der Waals surface area contributed by atoms with E-state index in [1.807, 2.05) is 0 Å². The number of carbonyl (C=O) groups is 2. The van der Waals surface area contributed by atoms with Gasteiger partial charge in [-0.1, -0.05) is 12.2 Å². The SMILES string of the molecule is O=CNC(CSC1C=CCCC1)C(=O)O. The molecule has 0 spiro atoms. The summed E-state index contributed by atoms with van der Waals surface area (Å²) in [6, 6.07) is -0.775. The zero-order valence-corrected chi connectivity index (χ0v) is 9.20. The van der Waals surface area contributed by atoms with Crippen molar-refractivity contribution in [1.82, 2.24) is 5.32 Å². The topological polar surface area (TPSA) is 66.4 Å². The van der Waals surface area contributed by atoms with E-state index in [0.717, 1.165) is 19.3 Å². The van der Waals surface area contributed by atoms with Crippen LogP contribution in [0.2, 0.25) is 0 Å². The number of carbonyl (C=O) groups excluding carboxylic acids is 1. The van der Waals surface area contributed by atoms with Gasteiger partial charge in [-0.25, -0.2) is 4.79 Å². The highest BCUT2D eigenvalue weighted by atomic mass is 32.2. The molecule has 1 aliphatic carbocycles. The van der Waals surface area contributed by atoms with E-state index in [4.69, 9.17) is 5.11 Å². The van der Waals surface area contributed by atoms with E-state index in [1.54, 1.807) is 11.8 Å². The van der Waals surface area contributed by atoms with Crippen molar-refractivity contribution < 1.29 is 14.7 Å². The van der Waals surface area contributed by atoms with Crippen molar-refractivity contribution in [1.29, 1.82) is 0 Å². The second kappa shape index (κ2) is 6.50. The lowest BCUT2D eigenvalue weighted by molar-refractivity contribution is -0.139. The summed E-state index contributed by atoms with van der Waals surface area (Å²) >= 11 is 1.58. The van der Waals surface area contributed by atoms with Crippen LogP contribution in [0.25, 0.3) is 0 Å². The molecule has 84 valence electrons. The molecule has 2 N–H and O–H groups in total. The molecule has 1 amide bonds. The molecule has 0 aromatic carbocycles. The average molecular weight is 229 g/mol. The molecule has 1 aliphatic rings. The largest absolute Gasteiger partial charge is 0.480 e. The summed E-state index contributed by atoms with van der Waals surface area (Å²) in [6.45, 7) is 0. The number of carboxylic acids is 1. The zero-order chi connectivity index (χ0) is 11.1. The fourth-order valence-corrected chi connectivity index (χ4v) is 2.65. The summed E-state index contributed by atoms with van der Waals surface area (Å²) in [4.78, 5) is 20.9. The van der Waals surface area contributed by atoms with Crippen LogP contribution in [0, 0.1) is 0 Å². The Kier molecular flexibility index (Phi) is 5.25. The summed E-state index contributed by atoms with van der Waals surface area (Å²) in [5.74, 6) is -0.558. The molecule has 0 radical (unpaired) electrons. The van der Waals surface area contributed by atoms with Crippen molar-refractivity contribution in [2.75, 3.05) is 5.75 Å². The smallest absolute Gasteiger partial charge is 0.327 e. The number of rotatable bonds is 6. The summed E-state index contributed by atoms with van der Waals surface area (Å²) in [6.07, 6.45) is 8.06. The summed E-state index contributed by atoms with van der Waals surface area (Å²) in [7, 11) is 0. The Morgan fingerprint density at radius 2 is 2.53 bits per heavy atom. The Labute approximate surface area is 93.1 Å². The summed E-state index contributed by atoms with van der Waals surface area (Å²) in [5.41, 5.74) is 0. The van der Waals surface area contributed by atoms with Crippen LogP contribution in [0.5, 0.6) is 0 Å². The highest BCUT2D eigenvalue weighted by Gasteiger charge is 2.18. The van der Waals surface area contributed by atoms with Gasteiger partial charge in [0.2, 0.25) is 6.41 Å². The predicted molar refractivity (Wildman–Crippen MR) is 59.9 cm³/mol. The lowest BCUT2D eigenvalue weighted by atomic mass is 10.1. The fraction of sp³-hybridized carbons (Fsp3) is 0.600. The van der Waals surface area contributed by atoms with E-state index in [9.17, 15) is 9.59 Å². The monoisotopic (exact) mass is 229 g/mol. The maximum absolute atomic E-state index is 10.7. The van der Waals surface area contributed by atoms with Crippen LogP contribution in [0.3, 0.4) is 0 Å². The van der Waals surface area contributed by atoms with E-state index in [2.05, 4.69) is 17.5 Å². The van der Waals surface area contributed by atoms with Gasteiger partial charge in [0, 0.05) is 11.0 Å². The second-order valence-electron chi connectivity index (χ2n) is 3.41. The molecule has 0 aromatic rings. The molecule has 0 bridgehead atoms. The number of allylic oxidation sites excluding steroid dienone is 1. The third kappa shape index (κ3) is 4.38. The minimum Gasteiger partial charge on any atom is -0.480 e. The van der Waals surface area contributed by atoms with Gasteiger partial charge in [-0.15, -0.1) is 0 Å². The first-order valence-electron chi connectivity index (χ1n) is 4.95. The molecule has 0 saturated heterocycles. The van der Waals surface area contributed by atoms with Crippen LogP contribution in [-0.2, 0) is 9.59 Å². The van der Waals surface area contributed by atoms with Crippen molar-refractivity contribution in [2.24, 2.45) is 0 Å². The first kappa shape index (κ1) is 12.1. The van der Waals surface area contributed by atoms with Gasteiger partial charge in [0.15, 0.2) is 0 Å². The Morgan fingerprint density at radius 1 is 1.73 bits per heavy atom. The molecule has 2 unspecified atom stereocenters. The number of thioether (sulfide) groups is 1. The van der Waals surface area contributed by atoms with Gasteiger partial charge < -0.3 is 10.4 Å². The molecule has 0 fully saturated rings. The van der Waals surface area contributed by atoms with Gasteiger partial charge in [0.1, 0.15) is 6.04 Å². The van der Waals surface area contributed by atoms with Crippen molar-refractivity contribution in [3.63, 3.8) is 0 Å². The van der Waals surface area contributed by atoms with Gasteiger partial charge in [-0.3, -0.25) is 4.79 Å². The average Bonchev–Trinajstić information content (AvgIpc) is 2.25. The van der Waals surface area contributed by atoms with Gasteiger partial charge in [0.25, 0.3) is 0 Å². The maximum Gasteiger partial charge on any atom is 0.327 e. The van der Waals surface area contributed by atoms with Crippen molar-refractivity contribution in [3.8, 4) is 0 Å². The molecule has 0 aromatic heterocycles. The van der Waals surface area contributed by atoms with Gasteiger partial charge >= 0.3 is 5.97 Å². The highest BCUT2D eigenvalue weighted by Crippen LogP contribution is 2.23. The fourth-order valence-electron chi connectivity index (χ4n) is 1.41. The van der Waals surface area contributed by atoms with Crippen molar-refractivity contribution in [3.05, 3.63) is 12.2 Å². The highest BCUT2D eigenvalue weighted by molar-refractivity contribution is 8.00. The quantitative estimate of drug-likeness (QED) is 0.527. The minimum atomic E-state index is -0.977. The maximum atomic E-state index is 10.7. The Hall–Kier alpha value is -0.970. The van der Waals surface area contributed by atoms with Gasteiger partial charge in [0.05, 0.1) is 0 Å². The minimum absolute atomic E-state index is 0.397. The third-order valence-corrected chi connectivity index (χ3v) is 3.60. The Morgan fingerprint density at radius 3 is 3.07 bits per heavy atom. The molecular weight excluding hydrogens is 214 g/mol. The van der Waals surface area contributed by atoms with E-state index in [1.165, 1.54) is 0 Å². The molecule has 0 saturated carbocycles. The van der Waals surface area contributed by atoms with Crippen LogP contribution in [0.15, 0.2) is 12.2 Å². The third-order valence-electron chi connectivity index (χ3n) is 2.25. The van der Waals surface area contributed by atoms with E-state index in [-0.39, 0.29) is 0 Å². The standard InChI is InChI=1S/C10H15NO3S/c12-7-11-9(10(13)14)6-15-8-4-2-1-3-5-8/h2,4,7-9H,1,3,5-6H2,(H,11,12)(H,13,14). The molecule has 2 atom stereocenters. The molecule has 5 heteroatoms.